The molecule has 1 heterocycles. The van der Waals surface area contributed by atoms with Crippen molar-refractivity contribution in [3.8, 4) is 0 Å². The van der Waals surface area contributed by atoms with Gasteiger partial charge in [-0.3, -0.25) is 0 Å². The van der Waals surface area contributed by atoms with Gasteiger partial charge in [0.15, 0.2) is 5.03 Å². The molecule has 0 saturated heterocycles. The van der Waals surface area contributed by atoms with Crippen LogP contribution in [0, 0.1) is 0 Å². The van der Waals surface area contributed by atoms with E-state index in [1.165, 1.54) is 12.5 Å². The summed E-state index contributed by atoms with van der Waals surface area (Å²) in [5.74, 6) is 0. The summed E-state index contributed by atoms with van der Waals surface area (Å²) in [5.41, 5.74) is 2.05. The van der Waals surface area contributed by atoms with Gasteiger partial charge in [-0.2, -0.15) is 0 Å². The quantitative estimate of drug-likeness (QED) is 0.816. The molecule has 1 aromatic heterocycles. The summed E-state index contributed by atoms with van der Waals surface area (Å²) >= 11 is 0. The molecule has 2 aromatic rings. The Bertz CT molecular complexity index is 647. The lowest BCUT2D eigenvalue weighted by molar-refractivity contribution is 0.578. The molecule has 0 saturated carbocycles. The van der Waals surface area contributed by atoms with Gasteiger partial charge in [0.2, 0.25) is 0 Å². The van der Waals surface area contributed by atoms with Crippen LogP contribution in [0.3, 0.4) is 0 Å². The van der Waals surface area contributed by atoms with Gasteiger partial charge in [0.05, 0.1) is 12.5 Å². The minimum atomic E-state index is -3.53. The van der Waals surface area contributed by atoms with Gasteiger partial charge in [0.1, 0.15) is 0 Å². The number of H-pyrrole nitrogens is 1. The second-order valence-corrected chi connectivity index (χ2v) is 6.31. The number of nitrogens with zero attached hydrogens (tertiary/aromatic N) is 2. The number of imidazole rings is 1. The maximum atomic E-state index is 11.9. The van der Waals surface area contributed by atoms with Crippen molar-refractivity contribution in [2.24, 2.45) is 0 Å². The van der Waals surface area contributed by atoms with E-state index in [2.05, 4.69) is 33.4 Å². The van der Waals surface area contributed by atoms with Gasteiger partial charge in [-0.1, -0.05) is 12.1 Å². The molecule has 0 fully saturated rings. The first-order valence-corrected chi connectivity index (χ1v) is 8.37. The first-order chi connectivity index (χ1) is 10.1. The molecule has 2 N–H and O–H groups in total. The van der Waals surface area contributed by atoms with E-state index in [1.54, 1.807) is 0 Å². The minimum Gasteiger partial charge on any atom is -0.372 e. The third-order valence-electron chi connectivity index (χ3n) is 3.29. The lowest BCUT2D eigenvalue weighted by atomic mass is 10.2. The fraction of sp³-hybridized carbons (Fsp3) is 0.357. The third-order valence-corrected chi connectivity index (χ3v) is 4.62. The van der Waals surface area contributed by atoms with Crippen molar-refractivity contribution < 1.29 is 8.42 Å². The molecule has 0 aliphatic carbocycles. The van der Waals surface area contributed by atoms with Crippen molar-refractivity contribution in [1.82, 2.24) is 14.7 Å². The number of sulfonamides is 1. The van der Waals surface area contributed by atoms with Crippen LogP contribution in [0.15, 0.2) is 41.8 Å². The van der Waals surface area contributed by atoms with Gasteiger partial charge in [0.25, 0.3) is 10.0 Å². The van der Waals surface area contributed by atoms with E-state index in [0.29, 0.717) is 0 Å². The smallest absolute Gasteiger partial charge is 0.257 e. The highest BCUT2D eigenvalue weighted by atomic mass is 32.2. The summed E-state index contributed by atoms with van der Waals surface area (Å²) in [6.07, 6.45) is 2.62. The summed E-state index contributed by atoms with van der Waals surface area (Å²) in [6, 6.07) is 7.88. The molecule has 0 radical (unpaired) electrons. The van der Waals surface area contributed by atoms with E-state index in [0.717, 1.165) is 24.3 Å². The number of aromatic amines is 1. The largest absolute Gasteiger partial charge is 0.372 e. The Morgan fingerprint density at radius 2 is 1.86 bits per heavy atom. The van der Waals surface area contributed by atoms with Crippen LogP contribution in [0.1, 0.15) is 19.4 Å². The molecule has 7 heteroatoms. The first-order valence-electron chi connectivity index (χ1n) is 6.88. The third kappa shape index (κ3) is 3.83. The van der Waals surface area contributed by atoms with Crippen molar-refractivity contribution in [2.45, 2.75) is 25.4 Å². The van der Waals surface area contributed by atoms with Gasteiger partial charge < -0.3 is 9.88 Å². The Morgan fingerprint density at radius 3 is 2.38 bits per heavy atom. The monoisotopic (exact) mass is 308 g/mol. The van der Waals surface area contributed by atoms with Crippen LogP contribution in [-0.2, 0) is 16.6 Å². The molecule has 21 heavy (non-hydrogen) atoms. The normalized spacial score (nSPS) is 11.5. The lowest BCUT2D eigenvalue weighted by Crippen LogP contribution is -2.24. The Hall–Kier alpha value is -1.86. The van der Waals surface area contributed by atoms with E-state index in [-0.39, 0.29) is 11.6 Å². The zero-order chi connectivity index (χ0) is 15.3. The number of aromatic nitrogens is 2. The van der Waals surface area contributed by atoms with Crippen LogP contribution in [0.4, 0.5) is 5.69 Å². The fourth-order valence-electron chi connectivity index (χ4n) is 2.06. The standard InChI is InChI=1S/C14H20N4O2S/c1-3-18(4-2)13-7-5-12(6-8-13)9-17-21(19,20)14-10-15-11-16-14/h5-8,10-11,17H,3-4,9H2,1-2H3,(H,15,16). The Balaban J connectivity index is 2.01. The van der Waals surface area contributed by atoms with Crippen LogP contribution >= 0.6 is 0 Å². The maximum absolute atomic E-state index is 11.9. The Kier molecular flexibility index (Phi) is 4.98. The van der Waals surface area contributed by atoms with Crippen LogP contribution in [-0.4, -0.2) is 31.5 Å². The molecule has 0 bridgehead atoms. The van der Waals surface area contributed by atoms with Gasteiger partial charge in [0, 0.05) is 25.3 Å². The van der Waals surface area contributed by atoms with E-state index < -0.39 is 10.0 Å². The molecule has 114 valence electrons. The molecule has 0 aliphatic heterocycles. The molecule has 6 nitrogen and oxygen atoms in total. The highest BCUT2D eigenvalue weighted by Crippen LogP contribution is 2.15. The molecule has 0 aliphatic rings. The summed E-state index contributed by atoms with van der Waals surface area (Å²) < 4.78 is 26.4. The average Bonchev–Trinajstić information content (AvgIpc) is 3.03. The van der Waals surface area contributed by atoms with Crippen LogP contribution in [0.2, 0.25) is 0 Å². The highest BCUT2D eigenvalue weighted by molar-refractivity contribution is 7.89. The number of hydrogen-bond donors (Lipinski definition) is 2. The molecular weight excluding hydrogens is 288 g/mol. The molecule has 0 unspecified atom stereocenters. The average molecular weight is 308 g/mol. The minimum absolute atomic E-state index is 0.0715. The van der Waals surface area contributed by atoms with E-state index in [4.69, 9.17) is 0 Å². The van der Waals surface area contributed by atoms with Crippen LogP contribution in [0.25, 0.3) is 0 Å². The predicted molar refractivity (Wildman–Crippen MR) is 82.6 cm³/mol. The van der Waals surface area contributed by atoms with Gasteiger partial charge in [-0.15, -0.1) is 0 Å². The van der Waals surface area contributed by atoms with Gasteiger partial charge in [-0.05, 0) is 31.5 Å². The zero-order valence-corrected chi connectivity index (χ0v) is 13.0. The van der Waals surface area contributed by atoms with E-state index in [1.807, 2.05) is 24.3 Å². The summed E-state index contributed by atoms with van der Waals surface area (Å²) in [6.45, 7) is 6.36. The summed E-state index contributed by atoms with van der Waals surface area (Å²) in [7, 11) is -3.53. The summed E-state index contributed by atoms with van der Waals surface area (Å²) in [5, 5.41) is 0.0715. The molecule has 2 rings (SSSR count). The van der Waals surface area contributed by atoms with Gasteiger partial charge >= 0.3 is 0 Å². The Labute approximate surface area is 125 Å². The molecule has 0 atom stereocenters. The van der Waals surface area contributed by atoms with Crippen molar-refractivity contribution in [3.63, 3.8) is 0 Å². The first kappa shape index (κ1) is 15.5. The second kappa shape index (κ2) is 6.73. The highest BCUT2D eigenvalue weighted by Gasteiger charge is 2.14. The maximum Gasteiger partial charge on any atom is 0.257 e. The van der Waals surface area contributed by atoms with Crippen molar-refractivity contribution in [1.29, 1.82) is 0 Å². The fourth-order valence-corrected chi connectivity index (χ4v) is 2.98. The molecular formula is C14H20N4O2S. The number of anilines is 1. The van der Waals surface area contributed by atoms with Crippen molar-refractivity contribution in [3.05, 3.63) is 42.4 Å². The number of benzene rings is 1. The zero-order valence-electron chi connectivity index (χ0n) is 12.2. The number of rotatable bonds is 7. The summed E-state index contributed by atoms with van der Waals surface area (Å²) in [4.78, 5) is 8.53. The van der Waals surface area contributed by atoms with E-state index >= 15 is 0 Å². The molecule has 0 spiro atoms. The van der Waals surface area contributed by atoms with Crippen molar-refractivity contribution in [2.75, 3.05) is 18.0 Å². The number of nitrogens with one attached hydrogen (secondary N) is 2. The SMILES string of the molecule is CCN(CC)c1ccc(CNS(=O)(=O)c2cnc[nH]2)cc1. The number of hydrogen-bond acceptors (Lipinski definition) is 4. The molecule has 0 amide bonds. The van der Waals surface area contributed by atoms with Crippen molar-refractivity contribution >= 4 is 15.7 Å². The second-order valence-electron chi connectivity index (χ2n) is 4.58. The lowest BCUT2D eigenvalue weighted by Gasteiger charge is -2.21. The van der Waals surface area contributed by atoms with Gasteiger partial charge in [-0.25, -0.2) is 18.1 Å². The predicted octanol–water partition coefficient (Wildman–Crippen LogP) is 1.73. The van der Waals surface area contributed by atoms with Crippen LogP contribution in [0.5, 0.6) is 0 Å². The Morgan fingerprint density at radius 1 is 1.19 bits per heavy atom. The van der Waals surface area contributed by atoms with Crippen LogP contribution < -0.4 is 9.62 Å². The molecule has 1 aromatic carbocycles. The topological polar surface area (TPSA) is 78.1 Å². The van der Waals surface area contributed by atoms with E-state index in [9.17, 15) is 8.42 Å².